The molecule has 0 radical (unpaired) electrons. The standard InChI is InChI=1S/C8H6ClN3O4S/c9-17(15,16)4-5-1-6(8(13)14)3-7(2-5)11-12-10/h1-3H,4H2,(H,13,14). The molecule has 0 saturated carbocycles. The van der Waals surface area contributed by atoms with Crippen LogP contribution in [-0.2, 0) is 14.8 Å². The van der Waals surface area contributed by atoms with E-state index < -0.39 is 20.8 Å². The van der Waals surface area contributed by atoms with Crippen molar-refractivity contribution in [3.05, 3.63) is 39.8 Å². The van der Waals surface area contributed by atoms with Gasteiger partial charge in [0.2, 0.25) is 9.05 Å². The van der Waals surface area contributed by atoms with Gasteiger partial charge in [0.05, 0.1) is 11.3 Å². The van der Waals surface area contributed by atoms with Gasteiger partial charge in [0, 0.05) is 21.3 Å². The molecule has 90 valence electrons. The molecule has 0 aliphatic rings. The topological polar surface area (TPSA) is 120 Å². The van der Waals surface area contributed by atoms with Crippen LogP contribution >= 0.6 is 10.7 Å². The van der Waals surface area contributed by atoms with Crippen LogP contribution in [0.2, 0.25) is 0 Å². The molecule has 1 aromatic rings. The number of rotatable bonds is 4. The van der Waals surface area contributed by atoms with Crippen molar-refractivity contribution in [3.8, 4) is 0 Å². The van der Waals surface area contributed by atoms with E-state index in [0.29, 0.717) is 0 Å². The molecule has 9 heteroatoms. The molecule has 0 heterocycles. The van der Waals surface area contributed by atoms with Gasteiger partial charge < -0.3 is 5.11 Å². The second-order valence-electron chi connectivity index (χ2n) is 3.07. The quantitative estimate of drug-likeness (QED) is 0.392. The third-order valence-electron chi connectivity index (χ3n) is 1.72. The number of carboxylic acids is 1. The lowest BCUT2D eigenvalue weighted by atomic mass is 10.1. The van der Waals surface area contributed by atoms with Gasteiger partial charge in [0.1, 0.15) is 0 Å². The summed E-state index contributed by atoms with van der Waals surface area (Å²) in [6, 6.07) is 3.54. The van der Waals surface area contributed by atoms with Crippen LogP contribution in [0.1, 0.15) is 15.9 Å². The monoisotopic (exact) mass is 275 g/mol. The van der Waals surface area contributed by atoms with Gasteiger partial charge in [-0.2, -0.15) is 0 Å². The molecule has 1 N–H and O–H groups in total. The van der Waals surface area contributed by atoms with Crippen molar-refractivity contribution in [2.45, 2.75) is 5.75 Å². The van der Waals surface area contributed by atoms with E-state index in [1.807, 2.05) is 0 Å². The number of hydrogen-bond acceptors (Lipinski definition) is 4. The molecule has 0 aromatic heterocycles. The van der Waals surface area contributed by atoms with Gasteiger partial charge in [-0.05, 0) is 29.3 Å². The predicted molar refractivity (Wildman–Crippen MR) is 60.7 cm³/mol. The smallest absolute Gasteiger partial charge is 0.335 e. The first-order chi connectivity index (χ1) is 7.81. The average Bonchev–Trinajstić information content (AvgIpc) is 2.14. The summed E-state index contributed by atoms with van der Waals surface area (Å²) in [5.74, 6) is -1.79. The van der Waals surface area contributed by atoms with Crippen LogP contribution in [0, 0.1) is 0 Å². The third-order valence-corrected chi connectivity index (χ3v) is 2.73. The molecular weight excluding hydrogens is 270 g/mol. The number of carbonyl (C=O) groups is 1. The highest BCUT2D eigenvalue weighted by Gasteiger charge is 2.11. The van der Waals surface area contributed by atoms with E-state index in [9.17, 15) is 13.2 Å². The fourth-order valence-corrected chi connectivity index (χ4v) is 2.13. The Bertz CT molecular complexity index is 587. The first-order valence-corrected chi connectivity index (χ1v) is 6.64. The molecule has 0 unspecified atom stereocenters. The summed E-state index contributed by atoms with van der Waals surface area (Å²) in [5.41, 5.74) is 8.22. The molecule has 0 bridgehead atoms. The van der Waals surface area contributed by atoms with E-state index in [1.165, 1.54) is 6.07 Å². The molecule has 0 atom stereocenters. The summed E-state index contributed by atoms with van der Waals surface area (Å²) in [4.78, 5) is 13.3. The lowest BCUT2D eigenvalue weighted by Crippen LogP contribution is -2.00. The van der Waals surface area contributed by atoms with E-state index in [4.69, 9.17) is 21.3 Å². The van der Waals surface area contributed by atoms with Gasteiger partial charge in [-0.25, -0.2) is 13.2 Å². The number of halogens is 1. The molecule has 0 aliphatic heterocycles. The SMILES string of the molecule is [N-]=[N+]=Nc1cc(CS(=O)(=O)Cl)cc(C(=O)O)c1. The van der Waals surface area contributed by atoms with Crippen LogP contribution in [0.15, 0.2) is 23.3 Å². The van der Waals surface area contributed by atoms with E-state index in [0.717, 1.165) is 12.1 Å². The van der Waals surface area contributed by atoms with E-state index in [-0.39, 0.29) is 16.8 Å². The Labute approximate surface area is 101 Å². The number of azide groups is 1. The maximum atomic E-state index is 10.9. The van der Waals surface area contributed by atoms with Crippen molar-refractivity contribution >= 4 is 31.4 Å². The summed E-state index contributed by atoms with van der Waals surface area (Å²) in [5, 5.41) is 12.0. The summed E-state index contributed by atoms with van der Waals surface area (Å²) < 4.78 is 21.7. The minimum absolute atomic E-state index is 0.0164. The van der Waals surface area contributed by atoms with Gasteiger partial charge in [-0.1, -0.05) is 5.11 Å². The Kier molecular flexibility index (Phi) is 3.95. The lowest BCUT2D eigenvalue weighted by molar-refractivity contribution is 0.0697. The fraction of sp³-hybridized carbons (Fsp3) is 0.125. The zero-order chi connectivity index (χ0) is 13.1. The van der Waals surface area contributed by atoms with E-state index in [1.54, 1.807) is 0 Å². The molecular formula is C8H6ClN3O4S. The van der Waals surface area contributed by atoms with Crippen molar-refractivity contribution in [1.29, 1.82) is 0 Å². The zero-order valence-electron chi connectivity index (χ0n) is 8.24. The average molecular weight is 276 g/mol. The lowest BCUT2D eigenvalue weighted by Gasteiger charge is -2.02. The fourth-order valence-electron chi connectivity index (χ4n) is 1.19. The van der Waals surface area contributed by atoms with Crippen LogP contribution < -0.4 is 0 Å². The van der Waals surface area contributed by atoms with Crippen LogP contribution in [-0.4, -0.2) is 19.5 Å². The molecule has 0 aliphatic carbocycles. The van der Waals surface area contributed by atoms with Crippen LogP contribution in [0.25, 0.3) is 10.4 Å². The minimum Gasteiger partial charge on any atom is -0.478 e. The Balaban J connectivity index is 3.30. The van der Waals surface area contributed by atoms with Gasteiger partial charge in [-0.15, -0.1) is 0 Å². The first-order valence-electron chi connectivity index (χ1n) is 4.16. The summed E-state index contributed by atoms with van der Waals surface area (Å²) in [7, 11) is 1.24. The summed E-state index contributed by atoms with van der Waals surface area (Å²) >= 11 is 0. The first kappa shape index (κ1) is 13.3. The highest BCUT2D eigenvalue weighted by atomic mass is 35.7. The summed E-state index contributed by atoms with van der Waals surface area (Å²) in [6.45, 7) is 0. The second kappa shape index (κ2) is 5.05. The van der Waals surface area contributed by atoms with Crippen molar-refractivity contribution < 1.29 is 18.3 Å². The second-order valence-corrected chi connectivity index (χ2v) is 5.84. The predicted octanol–water partition coefficient (Wildman–Crippen LogP) is 2.40. The third kappa shape index (κ3) is 4.31. The maximum absolute atomic E-state index is 10.9. The number of carboxylic acid groups (broad SMARTS) is 1. The van der Waals surface area contributed by atoms with E-state index >= 15 is 0 Å². The van der Waals surface area contributed by atoms with Crippen molar-refractivity contribution in [2.75, 3.05) is 0 Å². The molecule has 0 saturated heterocycles. The molecule has 7 nitrogen and oxygen atoms in total. The Morgan fingerprint density at radius 2 is 2.12 bits per heavy atom. The van der Waals surface area contributed by atoms with Gasteiger partial charge in [0.15, 0.2) is 0 Å². The van der Waals surface area contributed by atoms with Gasteiger partial charge in [-0.3, -0.25) is 0 Å². The zero-order valence-corrected chi connectivity index (χ0v) is 9.81. The minimum atomic E-state index is -3.81. The Morgan fingerprint density at radius 1 is 1.47 bits per heavy atom. The summed E-state index contributed by atoms with van der Waals surface area (Å²) in [6.07, 6.45) is 0. The molecule has 0 fully saturated rings. The molecule has 0 amide bonds. The van der Waals surface area contributed by atoms with Gasteiger partial charge >= 0.3 is 5.97 Å². The van der Waals surface area contributed by atoms with E-state index in [2.05, 4.69) is 10.0 Å². The van der Waals surface area contributed by atoms with Crippen LogP contribution in [0.5, 0.6) is 0 Å². The van der Waals surface area contributed by atoms with Crippen molar-refractivity contribution in [3.63, 3.8) is 0 Å². The number of benzene rings is 1. The number of hydrogen-bond donors (Lipinski definition) is 1. The number of nitrogens with zero attached hydrogens (tertiary/aromatic N) is 3. The maximum Gasteiger partial charge on any atom is 0.335 e. The normalized spacial score (nSPS) is 10.6. The van der Waals surface area contributed by atoms with Crippen LogP contribution in [0.3, 0.4) is 0 Å². The van der Waals surface area contributed by atoms with Crippen molar-refractivity contribution in [1.82, 2.24) is 0 Å². The van der Waals surface area contributed by atoms with Crippen LogP contribution in [0.4, 0.5) is 5.69 Å². The van der Waals surface area contributed by atoms with Crippen molar-refractivity contribution in [2.24, 2.45) is 5.11 Å². The Morgan fingerprint density at radius 3 is 2.59 bits per heavy atom. The molecule has 1 aromatic carbocycles. The van der Waals surface area contributed by atoms with Gasteiger partial charge in [0.25, 0.3) is 0 Å². The molecule has 0 spiro atoms. The largest absolute Gasteiger partial charge is 0.478 e. The highest BCUT2D eigenvalue weighted by molar-refractivity contribution is 8.13. The Hall–Kier alpha value is -1.76. The molecule has 17 heavy (non-hydrogen) atoms. The highest BCUT2D eigenvalue weighted by Crippen LogP contribution is 2.21. The number of aromatic carboxylic acids is 1. The molecule has 1 rings (SSSR count).